The summed E-state index contributed by atoms with van der Waals surface area (Å²) < 4.78 is 2.10. The van der Waals surface area contributed by atoms with Crippen LogP contribution in [0.5, 0.6) is 0 Å². The first-order chi connectivity index (χ1) is 12.0. The van der Waals surface area contributed by atoms with Crippen LogP contribution in [0.1, 0.15) is 44.4 Å². The number of hydrogen-bond donors (Lipinski definition) is 2. The number of nitrogens with one attached hydrogen (secondary N) is 2. The molecule has 2 aromatic rings. The van der Waals surface area contributed by atoms with Gasteiger partial charge in [-0.05, 0) is 49.7 Å². The summed E-state index contributed by atoms with van der Waals surface area (Å²) in [6.45, 7) is 7.64. The summed E-state index contributed by atoms with van der Waals surface area (Å²) in [5, 5.41) is 7.05. The summed E-state index contributed by atoms with van der Waals surface area (Å²) in [6, 6.07) is 4.69. The number of aliphatic imine (C=N–C) groups is 1. The first-order valence-electron chi connectivity index (χ1n) is 9.45. The van der Waals surface area contributed by atoms with Gasteiger partial charge in [0.2, 0.25) is 0 Å². The lowest BCUT2D eigenvalue weighted by atomic mass is 9.80. The zero-order valence-electron chi connectivity index (χ0n) is 15.9. The van der Waals surface area contributed by atoms with Crippen molar-refractivity contribution < 1.29 is 0 Å². The molecule has 2 N–H and O–H groups in total. The van der Waals surface area contributed by atoms with E-state index in [-0.39, 0.29) is 0 Å². The first-order valence-corrected chi connectivity index (χ1v) is 9.45. The maximum atomic E-state index is 4.73. The SMILES string of the molecule is CN=C(NCCc1cn2cccc(C)c2n1)NC1CC(C)CC(C)C1. The van der Waals surface area contributed by atoms with Gasteiger partial charge >= 0.3 is 0 Å². The smallest absolute Gasteiger partial charge is 0.191 e. The highest BCUT2D eigenvalue weighted by molar-refractivity contribution is 5.79. The lowest BCUT2D eigenvalue weighted by molar-refractivity contribution is 0.255. The Labute approximate surface area is 151 Å². The molecule has 3 rings (SSSR count). The van der Waals surface area contributed by atoms with Crippen molar-refractivity contribution in [2.45, 2.75) is 52.5 Å². The lowest BCUT2D eigenvalue weighted by Crippen LogP contribution is -2.46. The van der Waals surface area contributed by atoms with E-state index in [0.29, 0.717) is 6.04 Å². The molecule has 2 atom stereocenters. The molecule has 1 aliphatic rings. The van der Waals surface area contributed by atoms with Gasteiger partial charge in [0.15, 0.2) is 5.96 Å². The molecule has 5 nitrogen and oxygen atoms in total. The summed E-state index contributed by atoms with van der Waals surface area (Å²) in [5.74, 6) is 2.49. The van der Waals surface area contributed by atoms with E-state index in [2.05, 4.69) is 65.3 Å². The van der Waals surface area contributed by atoms with E-state index in [4.69, 9.17) is 4.98 Å². The fourth-order valence-electron chi connectivity index (χ4n) is 4.09. The topological polar surface area (TPSA) is 53.7 Å². The Hall–Kier alpha value is -2.04. The van der Waals surface area contributed by atoms with Crippen LogP contribution >= 0.6 is 0 Å². The third-order valence-electron chi connectivity index (χ3n) is 5.14. The van der Waals surface area contributed by atoms with Gasteiger partial charge in [0.1, 0.15) is 5.65 Å². The molecule has 1 fully saturated rings. The number of pyridine rings is 1. The highest BCUT2D eigenvalue weighted by Crippen LogP contribution is 2.28. The van der Waals surface area contributed by atoms with Crippen LogP contribution in [0, 0.1) is 18.8 Å². The van der Waals surface area contributed by atoms with Crippen LogP contribution in [-0.4, -0.2) is 35.0 Å². The molecule has 1 saturated carbocycles. The predicted molar refractivity (Wildman–Crippen MR) is 104 cm³/mol. The van der Waals surface area contributed by atoms with Crippen molar-refractivity contribution in [3.8, 4) is 0 Å². The molecule has 0 spiro atoms. The fourth-order valence-corrected chi connectivity index (χ4v) is 4.09. The van der Waals surface area contributed by atoms with Gasteiger partial charge in [0, 0.05) is 38.4 Å². The lowest BCUT2D eigenvalue weighted by Gasteiger charge is -2.32. The number of hydrogen-bond acceptors (Lipinski definition) is 2. The van der Waals surface area contributed by atoms with Crippen LogP contribution < -0.4 is 10.6 Å². The Bertz CT molecular complexity index is 723. The number of aryl methyl sites for hydroxylation is 1. The van der Waals surface area contributed by atoms with Gasteiger partial charge in [0.05, 0.1) is 5.69 Å². The first kappa shape index (κ1) is 17.8. The fraction of sp³-hybridized carbons (Fsp3) is 0.600. The number of guanidine groups is 1. The molecule has 0 bridgehead atoms. The molecular formula is C20H31N5. The molecule has 2 heterocycles. The summed E-state index contributed by atoms with van der Waals surface area (Å²) in [6.07, 6.45) is 8.87. The predicted octanol–water partition coefficient (Wildman–Crippen LogP) is 3.17. The van der Waals surface area contributed by atoms with Crippen molar-refractivity contribution in [1.82, 2.24) is 20.0 Å². The van der Waals surface area contributed by atoms with Crippen LogP contribution in [0.2, 0.25) is 0 Å². The Morgan fingerprint density at radius 1 is 1.28 bits per heavy atom. The van der Waals surface area contributed by atoms with Crippen molar-refractivity contribution in [1.29, 1.82) is 0 Å². The van der Waals surface area contributed by atoms with Gasteiger partial charge in [-0.3, -0.25) is 4.99 Å². The van der Waals surface area contributed by atoms with Crippen LogP contribution in [-0.2, 0) is 6.42 Å². The average molecular weight is 342 g/mol. The molecular weight excluding hydrogens is 310 g/mol. The van der Waals surface area contributed by atoms with Gasteiger partial charge in [0.25, 0.3) is 0 Å². The molecule has 2 aromatic heterocycles. The number of imidazole rings is 1. The van der Waals surface area contributed by atoms with Gasteiger partial charge in [-0.1, -0.05) is 19.9 Å². The van der Waals surface area contributed by atoms with E-state index in [1.807, 2.05) is 7.05 Å². The zero-order valence-corrected chi connectivity index (χ0v) is 15.9. The van der Waals surface area contributed by atoms with Gasteiger partial charge < -0.3 is 15.0 Å². The Morgan fingerprint density at radius 2 is 2.04 bits per heavy atom. The van der Waals surface area contributed by atoms with Gasteiger partial charge in [-0.2, -0.15) is 0 Å². The maximum absolute atomic E-state index is 4.73. The molecule has 25 heavy (non-hydrogen) atoms. The van der Waals surface area contributed by atoms with Gasteiger partial charge in [-0.15, -0.1) is 0 Å². The van der Waals surface area contributed by atoms with E-state index >= 15 is 0 Å². The summed E-state index contributed by atoms with van der Waals surface area (Å²) >= 11 is 0. The summed E-state index contributed by atoms with van der Waals surface area (Å²) in [4.78, 5) is 9.12. The summed E-state index contributed by atoms with van der Waals surface area (Å²) in [5.41, 5.74) is 3.36. The minimum absolute atomic E-state index is 0.530. The minimum Gasteiger partial charge on any atom is -0.356 e. The highest BCUT2D eigenvalue weighted by atomic mass is 15.2. The van der Waals surface area contributed by atoms with Crippen molar-refractivity contribution in [3.05, 3.63) is 35.8 Å². The number of rotatable bonds is 4. The molecule has 1 aliphatic carbocycles. The molecule has 0 radical (unpaired) electrons. The van der Waals surface area contributed by atoms with E-state index in [0.717, 1.165) is 42.1 Å². The molecule has 0 saturated heterocycles. The molecule has 0 aliphatic heterocycles. The maximum Gasteiger partial charge on any atom is 0.191 e. The van der Waals surface area contributed by atoms with Crippen LogP contribution in [0.25, 0.3) is 5.65 Å². The van der Waals surface area contributed by atoms with Crippen LogP contribution in [0.4, 0.5) is 0 Å². The van der Waals surface area contributed by atoms with Crippen molar-refractivity contribution >= 4 is 11.6 Å². The Kier molecular flexibility index (Phi) is 5.61. The molecule has 2 unspecified atom stereocenters. The third kappa shape index (κ3) is 4.53. The van der Waals surface area contributed by atoms with Crippen LogP contribution in [0.15, 0.2) is 29.5 Å². The van der Waals surface area contributed by atoms with Crippen molar-refractivity contribution in [2.24, 2.45) is 16.8 Å². The Balaban J connectivity index is 1.52. The van der Waals surface area contributed by atoms with Gasteiger partial charge in [-0.25, -0.2) is 4.98 Å². The standard InChI is InChI=1S/C20H31N5/c1-14-10-15(2)12-18(11-14)24-20(21-4)22-8-7-17-13-25-9-5-6-16(3)19(25)23-17/h5-6,9,13-15,18H,7-8,10-12H2,1-4H3,(H2,21,22,24). The monoisotopic (exact) mass is 341 g/mol. The van der Waals surface area contributed by atoms with E-state index < -0.39 is 0 Å². The molecule has 0 amide bonds. The molecule has 136 valence electrons. The van der Waals surface area contributed by atoms with E-state index in [1.54, 1.807) is 0 Å². The molecule has 0 aromatic carbocycles. The normalized spacial score (nSPS) is 24.5. The van der Waals surface area contributed by atoms with E-state index in [9.17, 15) is 0 Å². The largest absolute Gasteiger partial charge is 0.356 e. The summed E-state index contributed by atoms with van der Waals surface area (Å²) in [7, 11) is 1.85. The van der Waals surface area contributed by atoms with Crippen molar-refractivity contribution in [3.63, 3.8) is 0 Å². The number of fused-ring (bicyclic) bond motifs is 1. The quantitative estimate of drug-likeness (QED) is 0.663. The van der Waals surface area contributed by atoms with E-state index in [1.165, 1.54) is 24.8 Å². The number of aromatic nitrogens is 2. The second kappa shape index (κ2) is 7.89. The minimum atomic E-state index is 0.530. The third-order valence-corrected chi connectivity index (χ3v) is 5.14. The average Bonchev–Trinajstić information content (AvgIpc) is 2.97. The zero-order chi connectivity index (χ0) is 17.8. The highest BCUT2D eigenvalue weighted by Gasteiger charge is 2.24. The number of nitrogens with zero attached hydrogens (tertiary/aromatic N) is 3. The van der Waals surface area contributed by atoms with Crippen LogP contribution in [0.3, 0.4) is 0 Å². The second-order valence-electron chi connectivity index (χ2n) is 7.66. The van der Waals surface area contributed by atoms with Crippen molar-refractivity contribution in [2.75, 3.05) is 13.6 Å². The molecule has 5 heteroatoms. The Morgan fingerprint density at radius 3 is 2.72 bits per heavy atom. The second-order valence-corrected chi connectivity index (χ2v) is 7.66.